The fourth-order valence-electron chi connectivity index (χ4n) is 2.12. The lowest BCUT2D eigenvalue weighted by Gasteiger charge is -2.23. The summed E-state index contributed by atoms with van der Waals surface area (Å²) in [6.07, 6.45) is -0.812. The monoisotopic (exact) mass is 276 g/mol. The fourth-order valence-corrected chi connectivity index (χ4v) is 2.12. The van der Waals surface area contributed by atoms with Crippen molar-refractivity contribution in [3.63, 3.8) is 0 Å². The van der Waals surface area contributed by atoms with Gasteiger partial charge >= 0.3 is 5.97 Å². The molecular weight excluding hydrogens is 264 g/mol. The van der Waals surface area contributed by atoms with Gasteiger partial charge in [0.15, 0.2) is 6.10 Å². The first-order chi connectivity index (χ1) is 9.68. The van der Waals surface area contributed by atoms with E-state index in [0.717, 1.165) is 0 Å². The van der Waals surface area contributed by atoms with Crippen LogP contribution in [0.2, 0.25) is 0 Å². The summed E-state index contributed by atoms with van der Waals surface area (Å²) >= 11 is 0. The smallest absolute Gasteiger partial charge is 0.362 e. The van der Waals surface area contributed by atoms with Crippen LogP contribution in [0.4, 0.5) is 0 Å². The Morgan fingerprint density at radius 1 is 1.25 bits per heavy atom. The van der Waals surface area contributed by atoms with Crippen molar-refractivity contribution in [1.82, 2.24) is 10.4 Å². The average Bonchev–Trinajstić information content (AvgIpc) is 2.74. The van der Waals surface area contributed by atoms with Gasteiger partial charge in [0.05, 0.1) is 17.7 Å². The molecule has 0 aliphatic carbocycles. The summed E-state index contributed by atoms with van der Waals surface area (Å²) < 4.78 is 5.21. The topological polar surface area (TPSA) is 84.9 Å². The van der Waals surface area contributed by atoms with Gasteiger partial charge in [-0.15, -0.1) is 0 Å². The number of hydrogen-bond acceptors (Lipinski definition) is 6. The number of rotatable bonds is 2. The number of morpholine rings is 1. The van der Waals surface area contributed by atoms with Gasteiger partial charge in [0.2, 0.25) is 0 Å². The number of nitrogens with zero attached hydrogens (tertiary/aromatic N) is 1. The zero-order valence-corrected chi connectivity index (χ0v) is 10.5. The van der Waals surface area contributed by atoms with Crippen molar-refractivity contribution < 1.29 is 24.0 Å². The maximum atomic E-state index is 12.0. The molecule has 2 aliphatic rings. The minimum absolute atomic E-state index is 0.230. The molecule has 0 aromatic heterocycles. The van der Waals surface area contributed by atoms with Crippen molar-refractivity contribution >= 4 is 17.8 Å². The summed E-state index contributed by atoms with van der Waals surface area (Å²) in [5.41, 5.74) is 0.459. The van der Waals surface area contributed by atoms with Crippen LogP contribution in [0.5, 0.6) is 0 Å². The SMILES string of the molecule is O=C(ON1C(=O)c2ccccc2C1=O)C1CNCCO1. The Balaban J connectivity index is 1.74. The normalized spacial score (nSPS) is 21.8. The molecule has 20 heavy (non-hydrogen) atoms. The van der Waals surface area contributed by atoms with Gasteiger partial charge in [-0.05, 0) is 12.1 Å². The van der Waals surface area contributed by atoms with Gasteiger partial charge in [0, 0.05) is 13.1 Å². The van der Waals surface area contributed by atoms with Crippen LogP contribution in [-0.2, 0) is 14.4 Å². The highest BCUT2D eigenvalue weighted by atomic mass is 16.7. The number of fused-ring (bicyclic) bond motifs is 1. The van der Waals surface area contributed by atoms with E-state index in [0.29, 0.717) is 24.8 Å². The third-order valence-electron chi connectivity index (χ3n) is 3.13. The third-order valence-corrected chi connectivity index (χ3v) is 3.13. The Kier molecular flexibility index (Phi) is 3.21. The van der Waals surface area contributed by atoms with E-state index in [1.807, 2.05) is 0 Å². The minimum Gasteiger partial charge on any atom is -0.364 e. The Morgan fingerprint density at radius 3 is 2.45 bits per heavy atom. The summed E-state index contributed by atoms with van der Waals surface area (Å²) in [6.45, 7) is 1.32. The van der Waals surface area contributed by atoms with Gasteiger partial charge in [-0.2, -0.15) is 0 Å². The lowest BCUT2D eigenvalue weighted by Crippen LogP contribution is -2.46. The molecule has 7 nitrogen and oxygen atoms in total. The number of ether oxygens (including phenoxy) is 1. The second-order valence-corrected chi connectivity index (χ2v) is 4.42. The molecule has 0 bridgehead atoms. The molecule has 1 aromatic rings. The number of benzene rings is 1. The Bertz CT molecular complexity index is 545. The number of hydroxylamine groups is 2. The van der Waals surface area contributed by atoms with E-state index in [9.17, 15) is 14.4 Å². The fraction of sp³-hybridized carbons (Fsp3) is 0.308. The molecule has 0 spiro atoms. The van der Waals surface area contributed by atoms with E-state index in [1.165, 1.54) is 12.1 Å². The molecule has 0 saturated carbocycles. The van der Waals surface area contributed by atoms with Crippen LogP contribution in [0.25, 0.3) is 0 Å². The summed E-state index contributed by atoms with van der Waals surface area (Å²) in [5.74, 6) is -2.03. The van der Waals surface area contributed by atoms with Gasteiger partial charge < -0.3 is 14.9 Å². The maximum Gasteiger partial charge on any atom is 0.362 e. The first-order valence-electron chi connectivity index (χ1n) is 6.20. The number of nitrogens with one attached hydrogen (secondary N) is 1. The third kappa shape index (κ3) is 2.06. The van der Waals surface area contributed by atoms with E-state index in [2.05, 4.69) is 5.32 Å². The molecule has 7 heteroatoms. The molecule has 2 amide bonds. The molecular formula is C13H12N2O5. The summed E-state index contributed by atoms with van der Waals surface area (Å²) in [6, 6.07) is 6.32. The quantitative estimate of drug-likeness (QED) is 0.748. The zero-order chi connectivity index (χ0) is 14.1. The van der Waals surface area contributed by atoms with Crippen LogP contribution in [-0.4, -0.2) is 48.6 Å². The van der Waals surface area contributed by atoms with Crippen LogP contribution >= 0.6 is 0 Å². The number of imide groups is 1. The molecule has 1 N–H and O–H groups in total. The van der Waals surface area contributed by atoms with Gasteiger partial charge in [0.1, 0.15) is 0 Å². The lowest BCUT2D eigenvalue weighted by atomic mass is 10.1. The van der Waals surface area contributed by atoms with Crippen LogP contribution in [0, 0.1) is 0 Å². The standard InChI is InChI=1S/C13H12N2O5/c16-11-8-3-1-2-4-9(8)12(17)15(11)20-13(18)10-7-14-5-6-19-10/h1-4,10,14H,5-7H2. The summed E-state index contributed by atoms with van der Waals surface area (Å²) in [5, 5.41) is 3.46. The Labute approximate surface area is 114 Å². The first kappa shape index (κ1) is 12.8. The number of amides is 2. The van der Waals surface area contributed by atoms with Gasteiger partial charge in [0.25, 0.3) is 11.8 Å². The van der Waals surface area contributed by atoms with Crippen LogP contribution < -0.4 is 5.32 Å². The van der Waals surface area contributed by atoms with Crippen molar-refractivity contribution in [3.05, 3.63) is 35.4 Å². The molecule has 1 fully saturated rings. The number of carbonyl (C=O) groups is 3. The summed E-state index contributed by atoms with van der Waals surface area (Å²) in [4.78, 5) is 40.7. The van der Waals surface area contributed by atoms with E-state index >= 15 is 0 Å². The largest absolute Gasteiger partial charge is 0.364 e. The summed E-state index contributed by atoms with van der Waals surface area (Å²) in [7, 11) is 0. The highest BCUT2D eigenvalue weighted by molar-refractivity contribution is 6.20. The van der Waals surface area contributed by atoms with Crippen molar-refractivity contribution in [2.75, 3.05) is 19.7 Å². The average molecular weight is 276 g/mol. The minimum atomic E-state index is -0.812. The molecule has 1 atom stereocenters. The van der Waals surface area contributed by atoms with Crippen LogP contribution in [0.3, 0.4) is 0 Å². The van der Waals surface area contributed by atoms with Crippen molar-refractivity contribution in [3.8, 4) is 0 Å². The molecule has 2 aliphatic heterocycles. The Morgan fingerprint density at radius 2 is 1.90 bits per heavy atom. The molecule has 1 aromatic carbocycles. The van der Waals surface area contributed by atoms with E-state index in [4.69, 9.17) is 9.57 Å². The number of carbonyl (C=O) groups excluding carboxylic acids is 3. The van der Waals surface area contributed by atoms with E-state index < -0.39 is 23.9 Å². The molecule has 3 rings (SSSR count). The Hall–Kier alpha value is -2.25. The second-order valence-electron chi connectivity index (χ2n) is 4.42. The highest BCUT2D eigenvalue weighted by Gasteiger charge is 2.40. The maximum absolute atomic E-state index is 12.0. The van der Waals surface area contributed by atoms with Crippen molar-refractivity contribution in [2.45, 2.75) is 6.10 Å². The van der Waals surface area contributed by atoms with E-state index in [1.54, 1.807) is 12.1 Å². The second kappa shape index (κ2) is 5.03. The number of hydrogen-bond donors (Lipinski definition) is 1. The predicted molar refractivity (Wildman–Crippen MR) is 65.6 cm³/mol. The van der Waals surface area contributed by atoms with E-state index in [-0.39, 0.29) is 11.1 Å². The predicted octanol–water partition coefficient (Wildman–Crippen LogP) is -0.271. The first-order valence-corrected chi connectivity index (χ1v) is 6.20. The van der Waals surface area contributed by atoms with Gasteiger partial charge in [-0.1, -0.05) is 17.2 Å². The molecule has 104 valence electrons. The molecule has 0 radical (unpaired) electrons. The van der Waals surface area contributed by atoms with Crippen molar-refractivity contribution in [1.29, 1.82) is 0 Å². The molecule has 2 heterocycles. The van der Waals surface area contributed by atoms with Crippen molar-refractivity contribution in [2.24, 2.45) is 0 Å². The molecule has 1 saturated heterocycles. The van der Waals surface area contributed by atoms with Gasteiger partial charge in [-0.3, -0.25) is 9.59 Å². The molecule has 1 unspecified atom stereocenters. The van der Waals surface area contributed by atoms with Crippen LogP contribution in [0.15, 0.2) is 24.3 Å². The lowest BCUT2D eigenvalue weighted by molar-refractivity contribution is -0.183. The zero-order valence-electron chi connectivity index (χ0n) is 10.5. The van der Waals surface area contributed by atoms with Gasteiger partial charge in [-0.25, -0.2) is 4.79 Å². The highest BCUT2D eigenvalue weighted by Crippen LogP contribution is 2.23. The van der Waals surface area contributed by atoms with Crippen LogP contribution in [0.1, 0.15) is 20.7 Å².